The number of hydrogen-bond acceptors (Lipinski definition) is 8. The molecule has 2 N–H and O–H groups in total. The van der Waals surface area contributed by atoms with Crippen LogP contribution >= 0.6 is 11.5 Å². The topological polar surface area (TPSA) is 95.9 Å². The van der Waals surface area contributed by atoms with Gasteiger partial charge < -0.3 is 15.5 Å². The number of anilines is 4. The van der Waals surface area contributed by atoms with E-state index in [-0.39, 0.29) is 5.91 Å². The summed E-state index contributed by atoms with van der Waals surface area (Å²) in [5.41, 5.74) is 3.12. The smallest absolute Gasteiger partial charge is 0.223 e. The first-order chi connectivity index (χ1) is 13.5. The maximum absolute atomic E-state index is 11.7. The van der Waals surface area contributed by atoms with E-state index in [0.29, 0.717) is 28.2 Å². The molecule has 0 radical (unpaired) electrons. The Morgan fingerprint density at radius 2 is 2.11 bits per heavy atom. The van der Waals surface area contributed by atoms with Crippen LogP contribution in [0.3, 0.4) is 0 Å². The first-order valence-corrected chi connectivity index (χ1v) is 9.46. The SMILES string of the molecule is C=C(CC)Nc1ccc(-c2nsc(Nc3ncccc3N(C)C(C)=O)n2)nc1. The zero-order chi connectivity index (χ0) is 20.1. The molecule has 0 aliphatic heterocycles. The van der Waals surface area contributed by atoms with Crippen molar-refractivity contribution in [1.82, 2.24) is 19.3 Å². The third kappa shape index (κ3) is 4.49. The van der Waals surface area contributed by atoms with Gasteiger partial charge in [-0.05, 0) is 30.7 Å². The van der Waals surface area contributed by atoms with Gasteiger partial charge in [0.1, 0.15) is 5.69 Å². The van der Waals surface area contributed by atoms with Gasteiger partial charge in [-0.15, -0.1) is 0 Å². The van der Waals surface area contributed by atoms with E-state index in [2.05, 4.69) is 36.5 Å². The van der Waals surface area contributed by atoms with E-state index in [1.165, 1.54) is 23.4 Å². The van der Waals surface area contributed by atoms with Gasteiger partial charge in [-0.25, -0.2) is 4.98 Å². The van der Waals surface area contributed by atoms with Crippen LogP contribution in [-0.4, -0.2) is 32.3 Å². The van der Waals surface area contributed by atoms with E-state index in [4.69, 9.17) is 0 Å². The average molecular weight is 395 g/mol. The maximum Gasteiger partial charge on any atom is 0.223 e. The van der Waals surface area contributed by atoms with E-state index in [0.717, 1.165) is 17.8 Å². The summed E-state index contributed by atoms with van der Waals surface area (Å²) in [4.78, 5) is 26.4. The lowest BCUT2D eigenvalue weighted by atomic mass is 10.3. The summed E-state index contributed by atoms with van der Waals surface area (Å²) < 4.78 is 4.36. The van der Waals surface area contributed by atoms with E-state index in [9.17, 15) is 4.79 Å². The Morgan fingerprint density at radius 3 is 2.79 bits per heavy atom. The highest BCUT2D eigenvalue weighted by Gasteiger charge is 2.14. The van der Waals surface area contributed by atoms with Crippen LogP contribution < -0.4 is 15.5 Å². The normalized spacial score (nSPS) is 10.4. The number of hydrogen-bond donors (Lipinski definition) is 2. The van der Waals surface area contributed by atoms with Gasteiger partial charge in [0.05, 0.1) is 17.6 Å². The zero-order valence-corrected chi connectivity index (χ0v) is 16.7. The van der Waals surface area contributed by atoms with Crippen molar-refractivity contribution in [1.29, 1.82) is 0 Å². The summed E-state index contributed by atoms with van der Waals surface area (Å²) in [7, 11) is 1.70. The van der Waals surface area contributed by atoms with Crippen LogP contribution in [-0.2, 0) is 4.79 Å². The molecule has 3 aromatic heterocycles. The number of nitrogens with zero attached hydrogens (tertiary/aromatic N) is 5. The molecule has 9 heteroatoms. The number of amides is 1. The summed E-state index contributed by atoms with van der Waals surface area (Å²) >= 11 is 1.20. The highest BCUT2D eigenvalue weighted by Crippen LogP contribution is 2.28. The highest BCUT2D eigenvalue weighted by molar-refractivity contribution is 7.09. The summed E-state index contributed by atoms with van der Waals surface area (Å²) in [6, 6.07) is 7.36. The molecule has 0 spiro atoms. The lowest BCUT2D eigenvalue weighted by molar-refractivity contribution is -0.116. The largest absolute Gasteiger partial charge is 0.358 e. The van der Waals surface area contributed by atoms with Crippen LogP contribution in [0.5, 0.6) is 0 Å². The number of nitrogens with one attached hydrogen (secondary N) is 2. The van der Waals surface area contributed by atoms with Crippen LogP contribution in [0.15, 0.2) is 48.9 Å². The van der Waals surface area contributed by atoms with Crippen molar-refractivity contribution in [2.75, 3.05) is 22.6 Å². The van der Waals surface area contributed by atoms with Crippen molar-refractivity contribution in [2.24, 2.45) is 0 Å². The minimum atomic E-state index is -0.0855. The molecule has 8 nitrogen and oxygen atoms in total. The molecule has 0 aliphatic carbocycles. The van der Waals surface area contributed by atoms with Crippen LogP contribution in [0.4, 0.5) is 22.3 Å². The Labute approximate surface area is 167 Å². The molecule has 0 bridgehead atoms. The maximum atomic E-state index is 11.7. The fourth-order valence-electron chi connectivity index (χ4n) is 2.31. The summed E-state index contributed by atoms with van der Waals surface area (Å²) in [6.07, 6.45) is 4.22. The number of pyridine rings is 2. The monoisotopic (exact) mass is 395 g/mol. The molecule has 1 amide bonds. The zero-order valence-electron chi connectivity index (χ0n) is 15.9. The quantitative estimate of drug-likeness (QED) is 0.623. The first kappa shape index (κ1) is 19.4. The Bertz CT molecular complexity index is 984. The summed E-state index contributed by atoms with van der Waals surface area (Å²) in [6.45, 7) is 7.46. The third-order valence-corrected chi connectivity index (χ3v) is 4.64. The van der Waals surface area contributed by atoms with Gasteiger partial charge in [0.15, 0.2) is 11.6 Å². The number of carbonyl (C=O) groups excluding carboxylic acids is 1. The number of rotatable bonds is 7. The van der Waals surface area contributed by atoms with E-state index in [1.807, 2.05) is 25.1 Å². The number of allylic oxidation sites excluding steroid dienone is 1. The van der Waals surface area contributed by atoms with Crippen molar-refractivity contribution in [3.8, 4) is 11.5 Å². The fourth-order valence-corrected chi connectivity index (χ4v) is 2.88. The van der Waals surface area contributed by atoms with Gasteiger partial charge in [0.25, 0.3) is 0 Å². The van der Waals surface area contributed by atoms with E-state index >= 15 is 0 Å². The van der Waals surface area contributed by atoms with E-state index < -0.39 is 0 Å². The second-order valence-electron chi connectivity index (χ2n) is 6.01. The second kappa shape index (κ2) is 8.57. The predicted octanol–water partition coefficient (Wildman–Crippen LogP) is 4.06. The predicted molar refractivity (Wildman–Crippen MR) is 113 cm³/mol. The molecular formula is C19H21N7OS. The van der Waals surface area contributed by atoms with Crippen molar-refractivity contribution in [2.45, 2.75) is 20.3 Å². The molecule has 28 heavy (non-hydrogen) atoms. The molecule has 0 aromatic carbocycles. The minimum absolute atomic E-state index is 0.0855. The Hall–Kier alpha value is -3.33. The summed E-state index contributed by atoms with van der Waals surface area (Å²) in [5.74, 6) is 0.969. The Morgan fingerprint density at radius 1 is 1.29 bits per heavy atom. The molecular weight excluding hydrogens is 374 g/mol. The van der Waals surface area contributed by atoms with Crippen LogP contribution in [0.2, 0.25) is 0 Å². The molecule has 0 fully saturated rings. The standard InChI is InChI=1S/C19H21N7OS/c1-5-12(2)22-14-8-9-15(21-11-14)17-23-19(28-25-17)24-18-16(7-6-10-20-18)26(4)13(3)27/h6-11,22H,2,5H2,1,3-4H3,(H,20,23,24,25). The Balaban J connectivity index is 1.77. The van der Waals surface area contributed by atoms with Gasteiger partial charge in [0, 0.05) is 37.4 Å². The molecule has 3 aromatic rings. The van der Waals surface area contributed by atoms with Gasteiger partial charge in [-0.3, -0.25) is 9.78 Å². The molecule has 3 heterocycles. The molecule has 0 saturated carbocycles. The number of aromatic nitrogens is 4. The molecule has 0 atom stereocenters. The van der Waals surface area contributed by atoms with Gasteiger partial charge in [0.2, 0.25) is 11.0 Å². The molecule has 144 valence electrons. The van der Waals surface area contributed by atoms with Crippen LogP contribution in [0.25, 0.3) is 11.5 Å². The third-order valence-electron chi connectivity index (χ3n) is 4.01. The van der Waals surface area contributed by atoms with E-state index in [1.54, 1.807) is 25.5 Å². The molecule has 0 aliphatic rings. The van der Waals surface area contributed by atoms with Crippen molar-refractivity contribution >= 4 is 39.8 Å². The molecule has 0 saturated heterocycles. The fraction of sp³-hybridized carbons (Fsp3) is 0.211. The number of carbonyl (C=O) groups is 1. The van der Waals surface area contributed by atoms with Crippen LogP contribution in [0, 0.1) is 0 Å². The van der Waals surface area contributed by atoms with Crippen LogP contribution in [0.1, 0.15) is 20.3 Å². The van der Waals surface area contributed by atoms with Gasteiger partial charge >= 0.3 is 0 Å². The summed E-state index contributed by atoms with van der Waals surface area (Å²) in [5, 5.41) is 6.88. The molecule has 0 unspecified atom stereocenters. The van der Waals surface area contributed by atoms with Crippen molar-refractivity contribution in [3.63, 3.8) is 0 Å². The Kier molecular flexibility index (Phi) is 5.95. The van der Waals surface area contributed by atoms with Crippen molar-refractivity contribution < 1.29 is 4.79 Å². The molecule has 3 rings (SSSR count). The first-order valence-electron chi connectivity index (χ1n) is 8.69. The lowest BCUT2D eigenvalue weighted by Crippen LogP contribution is -2.23. The van der Waals surface area contributed by atoms with Gasteiger partial charge in [-0.2, -0.15) is 9.36 Å². The highest BCUT2D eigenvalue weighted by atomic mass is 32.1. The minimum Gasteiger partial charge on any atom is -0.358 e. The second-order valence-corrected chi connectivity index (χ2v) is 6.76. The average Bonchev–Trinajstić information content (AvgIpc) is 3.16. The van der Waals surface area contributed by atoms with Gasteiger partial charge in [-0.1, -0.05) is 13.5 Å². The lowest BCUT2D eigenvalue weighted by Gasteiger charge is -2.17. The van der Waals surface area contributed by atoms with Crippen molar-refractivity contribution in [3.05, 3.63) is 48.9 Å².